The van der Waals surface area contributed by atoms with E-state index in [9.17, 15) is 9.59 Å². The summed E-state index contributed by atoms with van der Waals surface area (Å²) in [5.74, 6) is 0.344. The first-order chi connectivity index (χ1) is 18.9. The number of carbonyl (C=O) groups excluding carboxylic acids is 2. The van der Waals surface area contributed by atoms with Crippen molar-refractivity contribution in [1.82, 2.24) is 0 Å². The van der Waals surface area contributed by atoms with Gasteiger partial charge in [0.15, 0.2) is 0 Å². The van der Waals surface area contributed by atoms with Crippen molar-refractivity contribution < 1.29 is 19.1 Å². The summed E-state index contributed by atoms with van der Waals surface area (Å²) in [4.78, 5) is 27.1. The third kappa shape index (κ3) is 4.66. The zero-order valence-corrected chi connectivity index (χ0v) is 24.4. The quantitative estimate of drug-likeness (QED) is 0.322. The van der Waals surface area contributed by atoms with Gasteiger partial charge in [0.2, 0.25) is 0 Å². The highest BCUT2D eigenvalue weighted by Crippen LogP contribution is 2.62. The highest BCUT2D eigenvalue weighted by atomic mass is 16.6. The first kappa shape index (κ1) is 26.8. The van der Waals surface area contributed by atoms with Gasteiger partial charge in [-0.2, -0.15) is 0 Å². The Morgan fingerprint density at radius 3 is 1.73 bits per heavy atom. The minimum absolute atomic E-state index is 0.0782. The predicted octanol–water partition coefficient (Wildman–Crippen LogP) is 7.64. The van der Waals surface area contributed by atoms with Crippen LogP contribution in [0, 0.1) is 17.8 Å². The van der Waals surface area contributed by atoms with E-state index in [1.807, 2.05) is 48.5 Å². The van der Waals surface area contributed by atoms with E-state index in [1.54, 1.807) is 0 Å². The van der Waals surface area contributed by atoms with Crippen molar-refractivity contribution in [2.45, 2.75) is 83.3 Å². The van der Waals surface area contributed by atoms with Crippen molar-refractivity contribution in [1.29, 1.82) is 0 Å². The molecule has 0 aliphatic heterocycles. The van der Waals surface area contributed by atoms with E-state index < -0.39 is 12.2 Å². The second-order valence-electron chi connectivity index (χ2n) is 14.1. The van der Waals surface area contributed by atoms with E-state index in [2.05, 4.69) is 65.8 Å². The number of hydrogen-bond donors (Lipinski definition) is 0. The molecule has 2 saturated carbocycles. The van der Waals surface area contributed by atoms with Crippen molar-refractivity contribution >= 4 is 11.9 Å². The predicted molar refractivity (Wildman–Crippen MR) is 157 cm³/mol. The molecule has 0 radical (unpaired) electrons. The molecule has 3 aromatic carbocycles. The maximum atomic E-state index is 13.6. The van der Waals surface area contributed by atoms with Gasteiger partial charge < -0.3 is 9.47 Å². The molecule has 0 spiro atoms. The van der Waals surface area contributed by atoms with Crippen LogP contribution in [0.3, 0.4) is 0 Å². The zero-order valence-electron chi connectivity index (χ0n) is 24.4. The van der Waals surface area contributed by atoms with Gasteiger partial charge in [-0.05, 0) is 82.0 Å². The molecule has 2 bridgehead atoms. The number of fused-ring (bicyclic) bond motifs is 7. The van der Waals surface area contributed by atoms with Gasteiger partial charge >= 0.3 is 11.9 Å². The molecule has 6 unspecified atom stereocenters. The zero-order chi connectivity index (χ0) is 28.4. The third-order valence-corrected chi connectivity index (χ3v) is 9.47. The summed E-state index contributed by atoms with van der Waals surface area (Å²) in [5, 5.41) is 0. The lowest BCUT2D eigenvalue weighted by Gasteiger charge is -2.37. The van der Waals surface area contributed by atoms with E-state index >= 15 is 0 Å². The first-order valence-corrected chi connectivity index (χ1v) is 14.6. The van der Waals surface area contributed by atoms with E-state index in [-0.39, 0.29) is 34.6 Å². The summed E-state index contributed by atoms with van der Waals surface area (Å²) in [7, 11) is 0. The molecule has 3 aliphatic carbocycles. The van der Waals surface area contributed by atoms with Gasteiger partial charge in [0.05, 0.1) is 11.1 Å². The number of hydrogen-bond acceptors (Lipinski definition) is 4. The summed E-state index contributed by atoms with van der Waals surface area (Å²) in [5.41, 5.74) is 5.85. The molecule has 3 aliphatic rings. The largest absolute Gasteiger partial charge is 0.455 e. The van der Waals surface area contributed by atoms with Gasteiger partial charge in [0, 0.05) is 11.8 Å². The van der Waals surface area contributed by atoms with Crippen molar-refractivity contribution in [3.8, 4) is 0 Å². The molecule has 0 heterocycles. The molecule has 0 N–H and O–H groups in total. The van der Waals surface area contributed by atoms with Crippen LogP contribution in [0.15, 0.2) is 72.8 Å². The molecular weight excluding hydrogens is 496 g/mol. The van der Waals surface area contributed by atoms with E-state index in [1.165, 1.54) is 11.1 Å². The lowest BCUT2D eigenvalue weighted by molar-refractivity contribution is -0.0698. The third-order valence-electron chi connectivity index (χ3n) is 9.47. The van der Waals surface area contributed by atoms with Crippen molar-refractivity contribution in [2.24, 2.45) is 17.8 Å². The summed E-state index contributed by atoms with van der Waals surface area (Å²) >= 11 is 0. The second kappa shape index (κ2) is 9.61. The lowest BCUT2D eigenvalue weighted by Crippen LogP contribution is -2.45. The summed E-state index contributed by atoms with van der Waals surface area (Å²) in [6.45, 7) is 12.8. The maximum Gasteiger partial charge on any atom is 0.338 e. The SMILES string of the molecule is CC(C)(C)c1cccc(C(=O)OC2C3CC(C2OC(=O)c2cccc(C(C)(C)C)c2)C2c4ccccc4CC32)c1. The maximum absolute atomic E-state index is 13.6. The molecular formula is C36H40O4. The van der Waals surface area contributed by atoms with E-state index in [4.69, 9.17) is 9.47 Å². The van der Waals surface area contributed by atoms with Crippen LogP contribution in [0.5, 0.6) is 0 Å². The van der Waals surface area contributed by atoms with Crippen LogP contribution in [0.1, 0.15) is 96.9 Å². The molecule has 4 heteroatoms. The van der Waals surface area contributed by atoms with Crippen molar-refractivity contribution in [3.05, 3.63) is 106 Å². The van der Waals surface area contributed by atoms with E-state index in [0.29, 0.717) is 23.0 Å². The first-order valence-electron chi connectivity index (χ1n) is 14.6. The van der Waals surface area contributed by atoms with Crippen LogP contribution in [-0.4, -0.2) is 24.1 Å². The lowest BCUT2D eigenvalue weighted by atomic mass is 9.76. The molecule has 0 aromatic heterocycles. The van der Waals surface area contributed by atoms with Crippen LogP contribution in [0.2, 0.25) is 0 Å². The van der Waals surface area contributed by atoms with Gasteiger partial charge in [0.1, 0.15) is 12.2 Å². The Balaban J connectivity index is 1.30. The Bertz CT molecular complexity index is 1460. The van der Waals surface area contributed by atoms with Gasteiger partial charge in [0.25, 0.3) is 0 Å². The number of rotatable bonds is 4. The highest BCUT2D eigenvalue weighted by Gasteiger charge is 2.63. The molecule has 208 valence electrons. The molecule has 6 atom stereocenters. The number of ether oxygens (including phenoxy) is 2. The number of esters is 2. The average molecular weight is 537 g/mol. The van der Waals surface area contributed by atoms with Crippen molar-refractivity contribution in [2.75, 3.05) is 0 Å². The topological polar surface area (TPSA) is 52.6 Å². The molecule has 6 rings (SSSR count). The monoisotopic (exact) mass is 536 g/mol. The normalized spacial score (nSPS) is 26.8. The molecule has 3 aromatic rings. The summed E-state index contributed by atoms with van der Waals surface area (Å²) in [6.07, 6.45) is 0.965. The number of carbonyl (C=O) groups is 2. The number of benzene rings is 3. The minimum Gasteiger partial charge on any atom is -0.455 e. The Labute approximate surface area is 238 Å². The van der Waals surface area contributed by atoms with Gasteiger partial charge in [-0.1, -0.05) is 90.1 Å². The van der Waals surface area contributed by atoms with Crippen molar-refractivity contribution in [3.63, 3.8) is 0 Å². The fraction of sp³-hybridized carbons (Fsp3) is 0.444. The summed E-state index contributed by atoms with van der Waals surface area (Å²) in [6, 6.07) is 24.1. The molecule has 0 amide bonds. The molecule has 0 saturated heterocycles. The highest BCUT2D eigenvalue weighted by molar-refractivity contribution is 5.91. The fourth-order valence-corrected chi connectivity index (χ4v) is 7.38. The minimum atomic E-state index is -0.474. The molecule has 2 fully saturated rings. The standard InChI is InChI=1S/C36H40O4/c1-35(2,3)24-14-9-12-22(17-24)33(37)39-31-28-20-29(30-26-16-8-7-11-21(26)19-27(28)30)32(31)40-34(38)23-13-10-15-25(18-23)36(4,5)6/h7-18,27-32H,19-20H2,1-6H3. The van der Waals surface area contributed by atoms with Crippen LogP contribution >= 0.6 is 0 Å². The second-order valence-corrected chi connectivity index (χ2v) is 14.1. The van der Waals surface area contributed by atoms with Gasteiger partial charge in [-0.15, -0.1) is 0 Å². The van der Waals surface area contributed by atoms with Crippen LogP contribution in [-0.2, 0) is 26.7 Å². The Morgan fingerprint density at radius 2 is 1.18 bits per heavy atom. The Hall–Kier alpha value is -3.40. The van der Waals surface area contributed by atoms with Gasteiger partial charge in [-0.25, -0.2) is 9.59 Å². The van der Waals surface area contributed by atoms with Crippen LogP contribution in [0.4, 0.5) is 0 Å². The molecule has 4 nitrogen and oxygen atoms in total. The smallest absolute Gasteiger partial charge is 0.338 e. The summed E-state index contributed by atoms with van der Waals surface area (Å²) < 4.78 is 12.7. The van der Waals surface area contributed by atoms with E-state index in [0.717, 1.165) is 24.0 Å². The fourth-order valence-electron chi connectivity index (χ4n) is 7.38. The van der Waals surface area contributed by atoms with Gasteiger partial charge in [-0.3, -0.25) is 0 Å². The van der Waals surface area contributed by atoms with Crippen LogP contribution in [0.25, 0.3) is 0 Å². The Morgan fingerprint density at radius 1 is 0.650 bits per heavy atom. The average Bonchev–Trinajstić information content (AvgIpc) is 3.57. The van der Waals surface area contributed by atoms with Crippen LogP contribution < -0.4 is 0 Å². The Kier molecular flexibility index (Phi) is 6.44. The molecule has 40 heavy (non-hydrogen) atoms.